The highest BCUT2D eigenvalue weighted by molar-refractivity contribution is 14.0. The second kappa shape index (κ2) is 11.8. The van der Waals surface area contributed by atoms with Crippen LogP contribution < -0.4 is 20.3 Å². The average molecular weight is 509 g/mol. The van der Waals surface area contributed by atoms with Crippen molar-refractivity contribution in [3.63, 3.8) is 0 Å². The number of aryl methyl sites for hydroxylation is 1. The SMILES string of the molecule is CN=C(NCCc1ccc(C)c(OC)c1)NC1CCN(c2ccccn2)CC1.I. The molecule has 158 valence electrons. The van der Waals surface area contributed by atoms with Gasteiger partial charge in [-0.25, -0.2) is 4.98 Å². The van der Waals surface area contributed by atoms with E-state index in [1.807, 2.05) is 25.4 Å². The van der Waals surface area contributed by atoms with Gasteiger partial charge in [0.15, 0.2) is 5.96 Å². The molecule has 6 nitrogen and oxygen atoms in total. The number of nitrogens with zero attached hydrogens (tertiary/aromatic N) is 3. The van der Waals surface area contributed by atoms with Gasteiger partial charge in [-0.05, 0) is 55.5 Å². The summed E-state index contributed by atoms with van der Waals surface area (Å²) in [6.45, 7) is 4.91. The van der Waals surface area contributed by atoms with Crippen LogP contribution in [-0.4, -0.2) is 50.8 Å². The van der Waals surface area contributed by atoms with Gasteiger partial charge >= 0.3 is 0 Å². The molecule has 0 atom stereocenters. The monoisotopic (exact) mass is 509 g/mol. The number of aliphatic imine (C=N–C) groups is 1. The number of ether oxygens (including phenoxy) is 1. The fourth-order valence-corrected chi connectivity index (χ4v) is 3.53. The van der Waals surface area contributed by atoms with Crippen LogP contribution in [0.5, 0.6) is 5.75 Å². The van der Waals surface area contributed by atoms with Crippen molar-refractivity contribution < 1.29 is 4.74 Å². The molecule has 0 amide bonds. The smallest absolute Gasteiger partial charge is 0.191 e. The zero-order valence-electron chi connectivity index (χ0n) is 17.5. The molecular weight excluding hydrogens is 477 g/mol. The molecule has 0 bridgehead atoms. The zero-order chi connectivity index (χ0) is 19.8. The summed E-state index contributed by atoms with van der Waals surface area (Å²) in [6, 6.07) is 12.9. The van der Waals surface area contributed by atoms with Crippen molar-refractivity contribution in [2.75, 3.05) is 38.7 Å². The maximum Gasteiger partial charge on any atom is 0.191 e. The van der Waals surface area contributed by atoms with Gasteiger partial charge in [0.1, 0.15) is 11.6 Å². The summed E-state index contributed by atoms with van der Waals surface area (Å²) in [6.07, 6.45) is 4.93. The van der Waals surface area contributed by atoms with Crippen LogP contribution in [0.1, 0.15) is 24.0 Å². The molecule has 2 heterocycles. The van der Waals surface area contributed by atoms with E-state index in [-0.39, 0.29) is 24.0 Å². The highest BCUT2D eigenvalue weighted by Crippen LogP contribution is 2.19. The number of piperidine rings is 1. The lowest BCUT2D eigenvalue weighted by Crippen LogP contribution is -2.49. The number of anilines is 1. The second-order valence-electron chi connectivity index (χ2n) is 7.15. The molecule has 2 aromatic rings. The predicted molar refractivity (Wildman–Crippen MR) is 131 cm³/mol. The Morgan fingerprint density at radius 3 is 2.69 bits per heavy atom. The fourth-order valence-electron chi connectivity index (χ4n) is 3.53. The molecule has 1 saturated heterocycles. The Morgan fingerprint density at radius 1 is 1.24 bits per heavy atom. The maximum atomic E-state index is 5.41. The van der Waals surface area contributed by atoms with Crippen LogP contribution in [0, 0.1) is 6.92 Å². The molecule has 29 heavy (non-hydrogen) atoms. The first kappa shape index (κ1) is 23.3. The van der Waals surface area contributed by atoms with Crippen molar-refractivity contribution in [3.05, 3.63) is 53.7 Å². The van der Waals surface area contributed by atoms with E-state index in [9.17, 15) is 0 Å². The number of pyridine rings is 1. The molecule has 1 aromatic heterocycles. The van der Waals surface area contributed by atoms with E-state index in [4.69, 9.17) is 4.74 Å². The molecule has 1 aliphatic heterocycles. The van der Waals surface area contributed by atoms with Crippen molar-refractivity contribution in [1.29, 1.82) is 0 Å². The lowest BCUT2D eigenvalue weighted by molar-refractivity contribution is 0.411. The highest BCUT2D eigenvalue weighted by atomic mass is 127. The molecule has 0 saturated carbocycles. The third-order valence-electron chi connectivity index (χ3n) is 5.21. The van der Waals surface area contributed by atoms with E-state index in [0.29, 0.717) is 6.04 Å². The highest BCUT2D eigenvalue weighted by Gasteiger charge is 2.20. The van der Waals surface area contributed by atoms with E-state index < -0.39 is 0 Å². The molecule has 3 rings (SSSR count). The molecule has 0 aliphatic carbocycles. The van der Waals surface area contributed by atoms with E-state index in [0.717, 1.165) is 62.0 Å². The Labute approximate surface area is 191 Å². The summed E-state index contributed by atoms with van der Waals surface area (Å²) in [5.41, 5.74) is 2.42. The lowest BCUT2D eigenvalue weighted by Gasteiger charge is -2.33. The molecule has 1 aromatic carbocycles. The second-order valence-corrected chi connectivity index (χ2v) is 7.15. The van der Waals surface area contributed by atoms with Gasteiger partial charge in [0.05, 0.1) is 7.11 Å². The summed E-state index contributed by atoms with van der Waals surface area (Å²) in [5, 5.41) is 7.00. The number of nitrogens with one attached hydrogen (secondary N) is 2. The standard InChI is InChI=1S/C22H31N5O.HI/c1-17-7-8-18(16-20(17)28-3)9-13-25-22(23-2)26-19-10-14-27(15-11-19)21-6-4-5-12-24-21;/h4-8,12,16,19H,9-11,13-15H2,1-3H3,(H2,23,25,26);1H. The van der Waals surface area contributed by atoms with Crippen LogP contribution in [0.3, 0.4) is 0 Å². The minimum Gasteiger partial charge on any atom is -0.496 e. The molecule has 0 radical (unpaired) electrons. The Morgan fingerprint density at radius 2 is 2.03 bits per heavy atom. The summed E-state index contributed by atoms with van der Waals surface area (Å²) < 4.78 is 5.41. The number of methoxy groups -OCH3 is 1. The van der Waals surface area contributed by atoms with Gasteiger partial charge in [-0.15, -0.1) is 24.0 Å². The number of guanidine groups is 1. The number of halogens is 1. The predicted octanol–water partition coefficient (Wildman–Crippen LogP) is 3.39. The number of rotatable bonds is 6. The van der Waals surface area contributed by atoms with Crippen LogP contribution in [0.2, 0.25) is 0 Å². The van der Waals surface area contributed by atoms with Crippen LogP contribution in [0.25, 0.3) is 0 Å². The van der Waals surface area contributed by atoms with Crippen molar-refractivity contribution in [2.45, 2.75) is 32.2 Å². The number of aromatic nitrogens is 1. The van der Waals surface area contributed by atoms with Crippen molar-refractivity contribution >= 4 is 35.8 Å². The average Bonchev–Trinajstić information content (AvgIpc) is 2.75. The normalized spacial score (nSPS) is 14.9. The molecule has 2 N–H and O–H groups in total. The van der Waals surface area contributed by atoms with Crippen molar-refractivity contribution in [1.82, 2.24) is 15.6 Å². The van der Waals surface area contributed by atoms with E-state index in [2.05, 4.69) is 56.7 Å². The Hall–Kier alpha value is -2.03. The van der Waals surface area contributed by atoms with Gasteiger partial charge < -0.3 is 20.3 Å². The van der Waals surface area contributed by atoms with E-state index in [1.165, 1.54) is 5.56 Å². The lowest BCUT2D eigenvalue weighted by atomic mass is 10.1. The van der Waals surface area contributed by atoms with Gasteiger partial charge in [-0.1, -0.05) is 18.2 Å². The molecular formula is C22H32IN5O. The van der Waals surface area contributed by atoms with Crippen molar-refractivity contribution in [3.8, 4) is 5.75 Å². The summed E-state index contributed by atoms with van der Waals surface area (Å²) in [5.74, 6) is 2.88. The molecule has 1 aliphatic rings. The van der Waals surface area contributed by atoms with E-state index in [1.54, 1.807) is 7.11 Å². The number of hydrogen-bond donors (Lipinski definition) is 2. The van der Waals surface area contributed by atoms with Crippen LogP contribution in [0.15, 0.2) is 47.6 Å². The topological polar surface area (TPSA) is 61.8 Å². The Bertz CT molecular complexity index is 776. The largest absolute Gasteiger partial charge is 0.496 e. The third-order valence-corrected chi connectivity index (χ3v) is 5.21. The van der Waals surface area contributed by atoms with Crippen LogP contribution in [-0.2, 0) is 6.42 Å². The van der Waals surface area contributed by atoms with Gasteiger partial charge in [-0.3, -0.25) is 4.99 Å². The third kappa shape index (κ3) is 6.76. The summed E-state index contributed by atoms with van der Waals surface area (Å²) in [7, 11) is 3.54. The first-order valence-electron chi connectivity index (χ1n) is 9.96. The van der Waals surface area contributed by atoms with Crippen molar-refractivity contribution in [2.24, 2.45) is 4.99 Å². The molecule has 7 heteroatoms. The number of benzene rings is 1. The molecule has 0 spiro atoms. The quantitative estimate of drug-likeness (QED) is 0.355. The molecule has 0 unspecified atom stereocenters. The summed E-state index contributed by atoms with van der Waals surface area (Å²) >= 11 is 0. The van der Waals surface area contributed by atoms with Gasteiger partial charge in [0, 0.05) is 38.9 Å². The minimum atomic E-state index is 0. The van der Waals surface area contributed by atoms with Gasteiger partial charge in [-0.2, -0.15) is 0 Å². The maximum absolute atomic E-state index is 5.41. The Kier molecular flexibility index (Phi) is 9.50. The first-order chi connectivity index (χ1) is 13.7. The minimum absolute atomic E-state index is 0. The van der Waals surface area contributed by atoms with E-state index >= 15 is 0 Å². The fraction of sp³-hybridized carbons (Fsp3) is 0.455. The van der Waals surface area contributed by atoms with Gasteiger partial charge in [0.2, 0.25) is 0 Å². The Balaban J connectivity index is 0.00000300. The van der Waals surface area contributed by atoms with Gasteiger partial charge in [0.25, 0.3) is 0 Å². The zero-order valence-corrected chi connectivity index (χ0v) is 19.8. The first-order valence-corrected chi connectivity index (χ1v) is 9.96. The van der Waals surface area contributed by atoms with Crippen LogP contribution >= 0.6 is 24.0 Å². The number of hydrogen-bond acceptors (Lipinski definition) is 4. The van der Waals surface area contributed by atoms with Crippen LogP contribution in [0.4, 0.5) is 5.82 Å². The summed E-state index contributed by atoms with van der Waals surface area (Å²) in [4.78, 5) is 11.2. The molecule has 1 fully saturated rings.